The van der Waals surface area contributed by atoms with Gasteiger partial charge in [0.1, 0.15) is 11.5 Å². The van der Waals surface area contributed by atoms with Crippen molar-refractivity contribution in [1.82, 2.24) is 25.0 Å². The predicted octanol–water partition coefficient (Wildman–Crippen LogP) is 2.70. The van der Waals surface area contributed by atoms with Gasteiger partial charge in [-0.15, -0.1) is 5.10 Å². The molecule has 2 atom stereocenters. The van der Waals surface area contributed by atoms with Crippen LogP contribution in [0.4, 0.5) is 0 Å². The molecular weight excluding hydrogens is 345 g/mol. The van der Waals surface area contributed by atoms with Crippen LogP contribution >= 0.6 is 7.60 Å². The smallest absolute Gasteiger partial charge is 0.308 e. The van der Waals surface area contributed by atoms with Crippen LogP contribution < -0.4 is 0 Å². The number of hydrogen-bond donors (Lipinski definition) is 0. The predicted molar refractivity (Wildman–Crippen MR) is 90.4 cm³/mol. The third-order valence-corrected chi connectivity index (χ3v) is 6.34. The Bertz CT molecular complexity index is 731. The van der Waals surface area contributed by atoms with Gasteiger partial charge in [0.15, 0.2) is 6.23 Å². The van der Waals surface area contributed by atoms with Crippen molar-refractivity contribution < 1.29 is 18.5 Å². The summed E-state index contributed by atoms with van der Waals surface area (Å²) in [6, 6.07) is 5.58. The van der Waals surface area contributed by atoms with Crippen molar-refractivity contribution in [2.45, 2.75) is 32.3 Å². The summed E-state index contributed by atoms with van der Waals surface area (Å²) in [7, 11) is -1.59. The summed E-state index contributed by atoms with van der Waals surface area (Å²) in [5.74, 6) is -0.500. The van der Waals surface area contributed by atoms with E-state index in [2.05, 4.69) is 15.3 Å². The van der Waals surface area contributed by atoms with Gasteiger partial charge in [-0.3, -0.25) is 14.4 Å². The SMILES string of the molecule is CCOP(=O)(OCC)[C@@H]1C[C@@H](n2cc(-c3ccccn3)nn2)ON1C. The summed E-state index contributed by atoms with van der Waals surface area (Å²) in [4.78, 5) is 10.0. The number of hydroxylamine groups is 2. The molecule has 3 heterocycles. The van der Waals surface area contributed by atoms with Crippen molar-refractivity contribution >= 4 is 7.60 Å². The molecule has 25 heavy (non-hydrogen) atoms. The van der Waals surface area contributed by atoms with E-state index in [1.165, 1.54) is 5.06 Å². The highest BCUT2D eigenvalue weighted by Gasteiger charge is 2.46. The molecule has 2 aromatic heterocycles. The maximum absolute atomic E-state index is 13.0. The number of aromatic nitrogens is 4. The fraction of sp³-hybridized carbons (Fsp3) is 0.533. The molecule has 0 aliphatic carbocycles. The Labute approximate surface area is 146 Å². The molecule has 0 amide bonds. The molecule has 1 saturated heterocycles. The van der Waals surface area contributed by atoms with Gasteiger partial charge in [-0.05, 0) is 26.0 Å². The topological polar surface area (TPSA) is 91.6 Å². The normalized spacial score (nSPS) is 21.7. The van der Waals surface area contributed by atoms with E-state index in [0.717, 1.165) is 5.69 Å². The maximum Gasteiger partial charge on any atom is 0.350 e. The van der Waals surface area contributed by atoms with E-state index in [4.69, 9.17) is 13.9 Å². The molecule has 0 unspecified atom stereocenters. The van der Waals surface area contributed by atoms with Crippen LogP contribution in [0.5, 0.6) is 0 Å². The monoisotopic (exact) mass is 367 g/mol. The molecule has 0 aromatic carbocycles. The number of rotatable bonds is 7. The highest BCUT2D eigenvalue weighted by atomic mass is 31.2. The summed E-state index contributed by atoms with van der Waals surface area (Å²) in [6.45, 7) is 4.18. The quantitative estimate of drug-likeness (QED) is 0.690. The van der Waals surface area contributed by atoms with Crippen molar-refractivity contribution in [3.05, 3.63) is 30.6 Å². The Kier molecular flexibility index (Phi) is 5.61. The summed E-state index contributed by atoms with van der Waals surface area (Å²) in [5, 5.41) is 9.78. The average Bonchev–Trinajstić information content (AvgIpc) is 3.23. The molecule has 1 fully saturated rings. The Morgan fingerprint density at radius 2 is 2.04 bits per heavy atom. The Morgan fingerprint density at radius 3 is 2.68 bits per heavy atom. The molecule has 136 valence electrons. The van der Waals surface area contributed by atoms with Crippen molar-refractivity contribution in [2.24, 2.45) is 0 Å². The zero-order valence-corrected chi connectivity index (χ0v) is 15.4. The van der Waals surface area contributed by atoms with Crippen LogP contribution in [0.15, 0.2) is 30.6 Å². The summed E-state index contributed by atoms with van der Waals surface area (Å²) >= 11 is 0. The standard InChI is InChI=1S/C15H22N5O4P/c1-4-22-25(21,23-5-2)15-10-14(24-19(15)3)20-11-13(17-18-20)12-8-6-7-9-16-12/h6-9,11,14-15H,4-5,10H2,1-3H3/t14-,15+/m0/s1. The molecule has 1 aliphatic heterocycles. The lowest BCUT2D eigenvalue weighted by Gasteiger charge is -2.25. The molecule has 9 nitrogen and oxygen atoms in total. The van der Waals surface area contributed by atoms with Crippen LogP contribution in [-0.4, -0.2) is 51.1 Å². The average molecular weight is 367 g/mol. The van der Waals surface area contributed by atoms with Crippen molar-refractivity contribution in [2.75, 3.05) is 20.3 Å². The minimum Gasteiger partial charge on any atom is -0.308 e. The van der Waals surface area contributed by atoms with E-state index in [1.54, 1.807) is 38.0 Å². The third-order valence-electron chi connectivity index (χ3n) is 3.84. The minimum absolute atomic E-state index is 0.305. The lowest BCUT2D eigenvalue weighted by Crippen LogP contribution is -2.25. The van der Waals surface area contributed by atoms with Crippen LogP contribution in [-0.2, 0) is 18.5 Å². The van der Waals surface area contributed by atoms with Gasteiger partial charge in [0.05, 0.1) is 25.1 Å². The van der Waals surface area contributed by atoms with Gasteiger partial charge >= 0.3 is 7.60 Å². The first-order chi connectivity index (χ1) is 12.1. The number of nitrogens with zero attached hydrogens (tertiary/aromatic N) is 5. The highest BCUT2D eigenvalue weighted by molar-refractivity contribution is 7.54. The fourth-order valence-electron chi connectivity index (χ4n) is 2.74. The molecule has 0 radical (unpaired) electrons. The Hall–Kier alpha value is -1.64. The van der Waals surface area contributed by atoms with Crippen LogP contribution in [0.1, 0.15) is 26.5 Å². The number of hydrogen-bond acceptors (Lipinski definition) is 8. The van der Waals surface area contributed by atoms with Crippen LogP contribution in [0.3, 0.4) is 0 Å². The lowest BCUT2D eigenvalue weighted by molar-refractivity contribution is -0.162. The van der Waals surface area contributed by atoms with E-state index in [1.807, 2.05) is 18.2 Å². The van der Waals surface area contributed by atoms with Crippen molar-refractivity contribution in [3.63, 3.8) is 0 Å². The van der Waals surface area contributed by atoms with E-state index < -0.39 is 19.6 Å². The van der Waals surface area contributed by atoms with E-state index in [-0.39, 0.29) is 0 Å². The van der Waals surface area contributed by atoms with Gasteiger partial charge in [-0.1, -0.05) is 11.3 Å². The first kappa shape index (κ1) is 18.2. The molecule has 0 N–H and O–H groups in total. The molecule has 1 aliphatic rings. The molecule has 0 bridgehead atoms. The van der Waals surface area contributed by atoms with Crippen LogP contribution in [0.25, 0.3) is 11.4 Å². The molecule has 0 spiro atoms. The van der Waals surface area contributed by atoms with Gasteiger partial charge in [0, 0.05) is 19.7 Å². The van der Waals surface area contributed by atoms with Crippen LogP contribution in [0, 0.1) is 0 Å². The van der Waals surface area contributed by atoms with Gasteiger partial charge in [-0.25, -0.2) is 4.68 Å². The van der Waals surface area contributed by atoms with Gasteiger partial charge in [-0.2, -0.15) is 5.06 Å². The first-order valence-corrected chi connectivity index (χ1v) is 9.80. The van der Waals surface area contributed by atoms with Gasteiger partial charge in [0.25, 0.3) is 0 Å². The second-order valence-corrected chi connectivity index (χ2v) is 7.69. The number of pyridine rings is 1. The second kappa shape index (κ2) is 7.72. The van der Waals surface area contributed by atoms with Crippen LogP contribution in [0.2, 0.25) is 0 Å². The van der Waals surface area contributed by atoms with Crippen molar-refractivity contribution in [3.8, 4) is 11.4 Å². The van der Waals surface area contributed by atoms with E-state index in [0.29, 0.717) is 25.3 Å². The second-order valence-electron chi connectivity index (χ2n) is 5.50. The largest absolute Gasteiger partial charge is 0.350 e. The molecule has 0 saturated carbocycles. The molecule has 10 heteroatoms. The van der Waals surface area contributed by atoms with Gasteiger partial charge < -0.3 is 9.05 Å². The lowest BCUT2D eigenvalue weighted by atomic mass is 10.3. The maximum atomic E-state index is 13.0. The Balaban J connectivity index is 1.77. The van der Waals surface area contributed by atoms with Crippen molar-refractivity contribution in [1.29, 1.82) is 0 Å². The minimum atomic E-state index is -3.31. The zero-order valence-electron chi connectivity index (χ0n) is 14.5. The first-order valence-electron chi connectivity index (χ1n) is 8.19. The summed E-state index contributed by atoms with van der Waals surface area (Å²) < 4.78 is 25.5. The third kappa shape index (κ3) is 3.80. The molecule has 2 aromatic rings. The highest BCUT2D eigenvalue weighted by Crippen LogP contribution is 2.58. The Morgan fingerprint density at radius 1 is 1.28 bits per heavy atom. The van der Waals surface area contributed by atoms with E-state index in [9.17, 15) is 4.57 Å². The van der Waals surface area contributed by atoms with E-state index >= 15 is 0 Å². The summed E-state index contributed by atoms with van der Waals surface area (Å²) in [6.07, 6.45) is 3.44. The fourth-order valence-corrected chi connectivity index (χ4v) is 4.77. The van der Waals surface area contributed by atoms with Gasteiger partial charge in [0.2, 0.25) is 0 Å². The summed E-state index contributed by atoms with van der Waals surface area (Å²) in [5.41, 5.74) is 1.37. The zero-order chi connectivity index (χ0) is 17.9. The molecular formula is C15H22N5O4P. The molecule has 3 rings (SSSR count).